The number of benzene rings is 2. The van der Waals surface area contributed by atoms with Crippen molar-refractivity contribution in [1.82, 2.24) is 9.55 Å². The zero-order valence-electron chi connectivity index (χ0n) is 15.2. The molecule has 0 bridgehead atoms. The third-order valence-corrected chi connectivity index (χ3v) is 4.77. The van der Waals surface area contributed by atoms with E-state index >= 15 is 0 Å². The second-order valence-corrected chi connectivity index (χ2v) is 6.41. The van der Waals surface area contributed by atoms with Gasteiger partial charge in [-0.05, 0) is 66.1 Å². The highest BCUT2D eigenvalue weighted by Crippen LogP contribution is 2.31. The molecule has 132 valence electrons. The van der Waals surface area contributed by atoms with Crippen LogP contribution in [0.5, 0.6) is 0 Å². The van der Waals surface area contributed by atoms with E-state index in [1.807, 2.05) is 18.2 Å². The van der Waals surface area contributed by atoms with Gasteiger partial charge in [0, 0.05) is 40.7 Å². The number of hydrogen-bond donors (Lipinski definition) is 0. The predicted octanol–water partition coefficient (Wildman–Crippen LogP) is 5.59. The molecule has 0 aliphatic carbocycles. The number of hydrogen-bond acceptors (Lipinski definition) is 2. The normalized spacial score (nSPS) is 11.9. The summed E-state index contributed by atoms with van der Waals surface area (Å²) in [4.78, 5) is 14.7. The van der Waals surface area contributed by atoms with E-state index < -0.39 is 0 Å². The highest BCUT2D eigenvalue weighted by molar-refractivity contribution is 6.09. The quantitative estimate of drug-likeness (QED) is 0.346. The van der Waals surface area contributed by atoms with Crippen molar-refractivity contribution in [2.45, 2.75) is 13.5 Å². The van der Waals surface area contributed by atoms with E-state index in [0.717, 1.165) is 29.5 Å². The molecule has 0 saturated carbocycles. The fraction of sp³-hybridized carbons (Fsp3) is 0.0833. The average Bonchev–Trinajstić information content (AvgIpc) is 3.03. The molecule has 2 aromatic heterocycles. The number of pyridine rings is 1. The molecule has 0 N–H and O–H groups in total. The van der Waals surface area contributed by atoms with Crippen molar-refractivity contribution in [1.29, 1.82) is 0 Å². The topological polar surface area (TPSA) is 34.9 Å². The van der Waals surface area contributed by atoms with E-state index in [2.05, 4.69) is 65.0 Å². The first-order valence-corrected chi connectivity index (χ1v) is 9.06. The van der Waals surface area contributed by atoms with Crippen LogP contribution >= 0.6 is 0 Å². The summed E-state index contributed by atoms with van der Waals surface area (Å²) in [6.45, 7) is 3.08. The van der Waals surface area contributed by atoms with Gasteiger partial charge in [-0.25, -0.2) is 0 Å². The fourth-order valence-corrected chi connectivity index (χ4v) is 3.50. The first-order valence-electron chi connectivity index (χ1n) is 9.06. The molecule has 2 heterocycles. The Kier molecular flexibility index (Phi) is 4.67. The zero-order chi connectivity index (χ0) is 18.6. The van der Waals surface area contributed by atoms with Gasteiger partial charge < -0.3 is 4.57 Å². The SMILES string of the molecule is CCn1c2ccc(/C=C/C=O)cc2c2cc(/C=C/c3ccncc3)ccc21. The van der Waals surface area contributed by atoms with E-state index in [0.29, 0.717) is 0 Å². The third-order valence-electron chi connectivity index (χ3n) is 4.77. The van der Waals surface area contributed by atoms with Crippen LogP contribution in [-0.2, 0) is 11.3 Å². The summed E-state index contributed by atoms with van der Waals surface area (Å²) in [5, 5.41) is 2.43. The Morgan fingerprint density at radius 2 is 1.41 bits per heavy atom. The lowest BCUT2D eigenvalue weighted by atomic mass is 10.1. The first-order chi connectivity index (χ1) is 13.3. The van der Waals surface area contributed by atoms with Crippen LogP contribution in [0.1, 0.15) is 23.6 Å². The van der Waals surface area contributed by atoms with Crippen LogP contribution in [0.3, 0.4) is 0 Å². The number of fused-ring (bicyclic) bond motifs is 3. The maximum Gasteiger partial charge on any atom is 0.142 e. The Morgan fingerprint density at radius 3 is 2.00 bits per heavy atom. The lowest BCUT2D eigenvalue weighted by Crippen LogP contribution is -1.92. The van der Waals surface area contributed by atoms with E-state index in [-0.39, 0.29) is 0 Å². The molecule has 0 saturated heterocycles. The number of rotatable bonds is 5. The minimum Gasteiger partial charge on any atom is -0.341 e. The Labute approximate surface area is 158 Å². The van der Waals surface area contributed by atoms with Crippen LogP contribution < -0.4 is 0 Å². The number of carbonyl (C=O) groups excluding carboxylic acids is 1. The lowest BCUT2D eigenvalue weighted by molar-refractivity contribution is -0.104. The largest absolute Gasteiger partial charge is 0.341 e. The summed E-state index contributed by atoms with van der Waals surface area (Å²) in [7, 11) is 0. The smallest absolute Gasteiger partial charge is 0.142 e. The van der Waals surface area contributed by atoms with Crippen LogP contribution in [0.15, 0.2) is 67.0 Å². The van der Waals surface area contributed by atoms with E-state index in [1.54, 1.807) is 12.4 Å². The first kappa shape index (κ1) is 17.0. The van der Waals surface area contributed by atoms with Gasteiger partial charge >= 0.3 is 0 Å². The standard InChI is InChI=1S/C24H20N2O/c1-2-26-23-9-7-19(4-3-15-27)16-21(23)22-17-20(8-10-24(22)26)6-5-18-11-13-25-14-12-18/h3-17H,2H2,1H3/b4-3+,6-5+. The summed E-state index contributed by atoms with van der Waals surface area (Å²) in [6.07, 6.45) is 12.0. The molecule has 3 heteroatoms. The van der Waals surface area contributed by atoms with Gasteiger partial charge in [0.25, 0.3) is 0 Å². The molecular formula is C24H20N2O. The van der Waals surface area contributed by atoms with Crippen molar-refractivity contribution in [3.8, 4) is 0 Å². The lowest BCUT2D eigenvalue weighted by Gasteiger charge is -2.03. The van der Waals surface area contributed by atoms with E-state index in [9.17, 15) is 4.79 Å². The fourth-order valence-electron chi connectivity index (χ4n) is 3.50. The molecule has 0 amide bonds. The zero-order valence-corrected chi connectivity index (χ0v) is 15.2. The Morgan fingerprint density at radius 1 is 0.815 bits per heavy atom. The van der Waals surface area contributed by atoms with Crippen LogP contribution in [-0.4, -0.2) is 15.8 Å². The molecule has 4 aromatic rings. The van der Waals surface area contributed by atoms with Crippen molar-refractivity contribution in [3.63, 3.8) is 0 Å². The number of carbonyl (C=O) groups is 1. The van der Waals surface area contributed by atoms with E-state index in [4.69, 9.17) is 0 Å². The highest BCUT2D eigenvalue weighted by atomic mass is 16.1. The van der Waals surface area contributed by atoms with Gasteiger partial charge in [-0.1, -0.05) is 30.4 Å². The minimum atomic E-state index is 0.807. The molecule has 0 aliphatic heterocycles. The second-order valence-electron chi connectivity index (χ2n) is 6.41. The molecule has 0 unspecified atom stereocenters. The molecule has 0 radical (unpaired) electrons. The molecular weight excluding hydrogens is 332 g/mol. The average molecular weight is 352 g/mol. The Hall–Kier alpha value is -3.46. The maximum atomic E-state index is 10.6. The number of aldehydes is 1. The van der Waals surface area contributed by atoms with Crippen LogP contribution in [0, 0.1) is 0 Å². The van der Waals surface area contributed by atoms with Crippen LogP contribution in [0.2, 0.25) is 0 Å². The van der Waals surface area contributed by atoms with Gasteiger partial charge in [0.2, 0.25) is 0 Å². The molecule has 3 nitrogen and oxygen atoms in total. The van der Waals surface area contributed by atoms with Gasteiger partial charge in [-0.15, -0.1) is 0 Å². The van der Waals surface area contributed by atoms with Crippen LogP contribution in [0.25, 0.3) is 40.0 Å². The number of aromatic nitrogens is 2. The minimum absolute atomic E-state index is 0.807. The number of nitrogens with zero attached hydrogens (tertiary/aromatic N) is 2. The Balaban J connectivity index is 1.85. The molecule has 0 fully saturated rings. The van der Waals surface area contributed by atoms with Gasteiger partial charge in [0.15, 0.2) is 0 Å². The second kappa shape index (κ2) is 7.42. The maximum absolute atomic E-state index is 10.6. The number of allylic oxidation sites excluding steroid dienone is 1. The van der Waals surface area contributed by atoms with Crippen molar-refractivity contribution >= 4 is 46.3 Å². The van der Waals surface area contributed by atoms with Gasteiger partial charge in [-0.3, -0.25) is 9.78 Å². The molecule has 0 atom stereocenters. The van der Waals surface area contributed by atoms with Gasteiger partial charge in [0.05, 0.1) is 0 Å². The highest BCUT2D eigenvalue weighted by Gasteiger charge is 2.10. The third kappa shape index (κ3) is 3.32. The number of aryl methyl sites for hydroxylation is 1. The van der Waals surface area contributed by atoms with E-state index in [1.165, 1.54) is 27.9 Å². The summed E-state index contributed by atoms with van der Waals surface area (Å²) < 4.78 is 2.33. The van der Waals surface area contributed by atoms with Gasteiger partial charge in [0.1, 0.15) is 6.29 Å². The summed E-state index contributed by atoms with van der Waals surface area (Å²) in [5.41, 5.74) is 5.75. The van der Waals surface area contributed by atoms with Crippen molar-refractivity contribution in [2.24, 2.45) is 0 Å². The molecule has 4 rings (SSSR count). The molecule has 2 aromatic carbocycles. The summed E-state index contributed by atoms with van der Waals surface area (Å²) >= 11 is 0. The summed E-state index contributed by atoms with van der Waals surface area (Å²) in [5.74, 6) is 0. The van der Waals surface area contributed by atoms with Crippen LogP contribution in [0.4, 0.5) is 0 Å². The Bertz CT molecular complexity index is 1170. The van der Waals surface area contributed by atoms with Crippen molar-refractivity contribution in [2.75, 3.05) is 0 Å². The predicted molar refractivity (Wildman–Crippen MR) is 113 cm³/mol. The molecule has 0 aliphatic rings. The monoisotopic (exact) mass is 352 g/mol. The molecule has 27 heavy (non-hydrogen) atoms. The summed E-state index contributed by atoms with van der Waals surface area (Å²) in [6, 6.07) is 16.9. The van der Waals surface area contributed by atoms with Crippen molar-refractivity contribution < 1.29 is 4.79 Å². The van der Waals surface area contributed by atoms with Gasteiger partial charge in [-0.2, -0.15) is 0 Å². The van der Waals surface area contributed by atoms with Crippen molar-refractivity contribution in [3.05, 3.63) is 83.7 Å². The molecule has 0 spiro atoms.